The molecule has 1 saturated carbocycles. The Morgan fingerprint density at radius 1 is 1.33 bits per heavy atom. The van der Waals surface area contributed by atoms with Crippen LogP contribution in [0.3, 0.4) is 0 Å². The minimum absolute atomic E-state index is 0.632. The maximum absolute atomic E-state index is 5.60. The molecule has 0 aliphatic heterocycles. The second kappa shape index (κ2) is 7.11. The molecule has 0 radical (unpaired) electrons. The highest BCUT2D eigenvalue weighted by molar-refractivity contribution is 9.13. The van der Waals surface area contributed by atoms with E-state index in [9.17, 15) is 0 Å². The molecule has 18 heavy (non-hydrogen) atoms. The van der Waals surface area contributed by atoms with Crippen LogP contribution in [0.15, 0.2) is 19.6 Å². The van der Waals surface area contributed by atoms with E-state index in [0.717, 1.165) is 27.4 Å². The van der Waals surface area contributed by atoms with Crippen molar-refractivity contribution in [3.8, 4) is 0 Å². The summed E-state index contributed by atoms with van der Waals surface area (Å²) in [7, 11) is 0. The first-order valence-corrected chi connectivity index (χ1v) is 8.46. The van der Waals surface area contributed by atoms with Crippen LogP contribution in [0.5, 0.6) is 0 Å². The van der Waals surface area contributed by atoms with Crippen LogP contribution in [-0.4, -0.2) is 6.04 Å². The number of nitrogens with one attached hydrogen (secondary N) is 1. The molecule has 1 aromatic heterocycles. The monoisotopic (exact) mass is 377 g/mol. The predicted octanol–water partition coefficient (Wildman–Crippen LogP) is 5.25. The van der Waals surface area contributed by atoms with Crippen LogP contribution in [0.1, 0.15) is 51.2 Å². The van der Waals surface area contributed by atoms with Crippen LogP contribution in [-0.2, 0) is 6.54 Å². The van der Waals surface area contributed by atoms with Crippen molar-refractivity contribution in [3.63, 3.8) is 0 Å². The molecule has 1 heterocycles. The van der Waals surface area contributed by atoms with E-state index in [1.807, 2.05) is 6.07 Å². The van der Waals surface area contributed by atoms with Gasteiger partial charge in [0.05, 0.1) is 11.0 Å². The molecular formula is C14H21Br2NO. The van der Waals surface area contributed by atoms with Gasteiger partial charge in [-0.05, 0) is 63.1 Å². The second-order valence-electron chi connectivity index (χ2n) is 5.13. The van der Waals surface area contributed by atoms with E-state index in [4.69, 9.17) is 4.42 Å². The number of hydrogen-bond donors (Lipinski definition) is 1. The molecule has 1 N–H and O–H groups in total. The van der Waals surface area contributed by atoms with Crippen LogP contribution in [0.25, 0.3) is 0 Å². The lowest BCUT2D eigenvalue weighted by Gasteiger charge is -2.30. The first kappa shape index (κ1) is 14.6. The molecule has 0 bridgehead atoms. The molecule has 1 aromatic rings. The lowest BCUT2D eigenvalue weighted by molar-refractivity contribution is 0.256. The van der Waals surface area contributed by atoms with Crippen molar-refractivity contribution >= 4 is 31.9 Å². The molecule has 1 aliphatic rings. The third-order valence-corrected chi connectivity index (χ3v) is 5.60. The Morgan fingerprint density at radius 3 is 2.61 bits per heavy atom. The van der Waals surface area contributed by atoms with Crippen molar-refractivity contribution in [1.29, 1.82) is 0 Å². The number of furan rings is 1. The molecule has 4 heteroatoms. The van der Waals surface area contributed by atoms with E-state index in [-0.39, 0.29) is 0 Å². The molecular weight excluding hydrogens is 358 g/mol. The van der Waals surface area contributed by atoms with Gasteiger partial charge in [-0.25, -0.2) is 0 Å². The third-order valence-electron chi connectivity index (χ3n) is 3.89. The van der Waals surface area contributed by atoms with Crippen molar-refractivity contribution in [2.75, 3.05) is 0 Å². The summed E-state index contributed by atoms with van der Waals surface area (Å²) in [5, 5.41) is 3.66. The summed E-state index contributed by atoms with van der Waals surface area (Å²) in [6.45, 7) is 3.10. The van der Waals surface area contributed by atoms with Crippen molar-refractivity contribution in [2.45, 2.75) is 58.0 Å². The van der Waals surface area contributed by atoms with Crippen LogP contribution < -0.4 is 5.32 Å². The highest BCUT2D eigenvalue weighted by atomic mass is 79.9. The van der Waals surface area contributed by atoms with Gasteiger partial charge in [-0.15, -0.1) is 0 Å². The Hall–Kier alpha value is 0.200. The Balaban J connectivity index is 1.86. The fraction of sp³-hybridized carbons (Fsp3) is 0.714. The van der Waals surface area contributed by atoms with Crippen molar-refractivity contribution < 1.29 is 4.42 Å². The van der Waals surface area contributed by atoms with Gasteiger partial charge in [0.25, 0.3) is 0 Å². The maximum atomic E-state index is 5.60. The molecule has 102 valence electrons. The summed E-state index contributed by atoms with van der Waals surface area (Å²) < 4.78 is 7.38. The zero-order valence-corrected chi connectivity index (χ0v) is 14.0. The minimum atomic E-state index is 0.632. The zero-order valence-electron chi connectivity index (χ0n) is 10.8. The van der Waals surface area contributed by atoms with Crippen LogP contribution in [0, 0.1) is 5.92 Å². The fourth-order valence-corrected chi connectivity index (χ4v) is 3.55. The largest absolute Gasteiger partial charge is 0.452 e. The van der Waals surface area contributed by atoms with Gasteiger partial charge in [0.1, 0.15) is 5.76 Å². The van der Waals surface area contributed by atoms with Gasteiger partial charge in [0.15, 0.2) is 4.67 Å². The average molecular weight is 379 g/mol. The van der Waals surface area contributed by atoms with E-state index in [2.05, 4.69) is 44.1 Å². The number of halogens is 2. The quantitative estimate of drug-likeness (QED) is 0.756. The van der Waals surface area contributed by atoms with Gasteiger partial charge >= 0.3 is 0 Å². The molecule has 2 rings (SSSR count). The van der Waals surface area contributed by atoms with E-state index >= 15 is 0 Å². The van der Waals surface area contributed by atoms with Gasteiger partial charge < -0.3 is 9.73 Å². The highest BCUT2D eigenvalue weighted by Crippen LogP contribution is 2.29. The Labute approximate surface area is 126 Å². The summed E-state index contributed by atoms with van der Waals surface area (Å²) in [4.78, 5) is 0. The second-order valence-corrected chi connectivity index (χ2v) is 6.70. The molecule has 0 spiro atoms. The molecule has 2 nitrogen and oxygen atoms in total. The summed E-state index contributed by atoms with van der Waals surface area (Å²) >= 11 is 6.82. The lowest BCUT2D eigenvalue weighted by atomic mass is 9.83. The Bertz CT molecular complexity index is 352. The van der Waals surface area contributed by atoms with Gasteiger partial charge in [0.2, 0.25) is 0 Å². The standard InChI is InChI=1S/C14H21Br2NO/c1-2-13(10-6-4-3-5-7-10)17-9-11-8-12(15)14(16)18-11/h8,10,13,17H,2-7,9H2,1H3. The molecule has 0 saturated heterocycles. The SMILES string of the molecule is CCC(NCc1cc(Br)c(Br)o1)C1CCCCC1. The van der Waals surface area contributed by atoms with Gasteiger partial charge in [0, 0.05) is 6.04 Å². The lowest BCUT2D eigenvalue weighted by Crippen LogP contribution is -2.36. The van der Waals surface area contributed by atoms with Gasteiger partial charge in [-0.1, -0.05) is 26.2 Å². The van der Waals surface area contributed by atoms with E-state index < -0.39 is 0 Å². The first-order chi connectivity index (χ1) is 8.70. The number of hydrogen-bond acceptors (Lipinski definition) is 2. The van der Waals surface area contributed by atoms with E-state index in [0.29, 0.717) is 6.04 Å². The Morgan fingerprint density at radius 2 is 2.06 bits per heavy atom. The zero-order chi connectivity index (χ0) is 13.0. The van der Waals surface area contributed by atoms with Crippen molar-refractivity contribution in [1.82, 2.24) is 5.32 Å². The summed E-state index contributed by atoms with van der Waals surface area (Å²) in [5.74, 6) is 1.84. The molecule has 0 amide bonds. The van der Waals surface area contributed by atoms with Crippen LogP contribution >= 0.6 is 31.9 Å². The normalized spacial score (nSPS) is 19.1. The topological polar surface area (TPSA) is 25.2 Å². The van der Waals surface area contributed by atoms with Crippen LogP contribution in [0.2, 0.25) is 0 Å². The molecule has 0 aromatic carbocycles. The van der Waals surface area contributed by atoms with Crippen LogP contribution in [0.4, 0.5) is 0 Å². The average Bonchev–Trinajstić information content (AvgIpc) is 2.71. The smallest absolute Gasteiger partial charge is 0.183 e. The van der Waals surface area contributed by atoms with E-state index in [1.54, 1.807) is 0 Å². The highest BCUT2D eigenvalue weighted by Gasteiger charge is 2.22. The predicted molar refractivity (Wildman–Crippen MR) is 81.6 cm³/mol. The minimum Gasteiger partial charge on any atom is -0.452 e. The fourth-order valence-electron chi connectivity index (χ4n) is 2.89. The number of rotatable bonds is 5. The molecule has 1 aliphatic carbocycles. The van der Waals surface area contributed by atoms with Crippen molar-refractivity contribution in [3.05, 3.63) is 21.0 Å². The van der Waals surface area contributed by atoms with E-state index in [1.165, 1.54) is 38.5 Å². The van der Waals surface area contributed by atoms with Gasteiger partial charge in [-0.2, -0.15) is 0 Å². The molecule has 1 fully saturated rings. The summed E-state index contributed by atoms with van der Waals surface area (Å²) in [6.07, 6.45) is 8.20. The summed E-state index contributed by atoms with van der Waals surface area (Å²) in [6, 6.07) is 2.66. The third kappa shape index (κ3) is 3.84. The first-order valence-electron chi connectivity index (χ1n) is 6.87. The maximum Gasteiger partial charge on any atom is 0.183 e. The van der Waals surface area contributed by atoms with Gasteiger partial charge in [-0.3, -0.25) is 0 Å². The molecule has 1 atom stereocenters. The summed E-state index contributed by atoms with van der Waals surface area (Å²) in [5.41, 5.74) is 0. The van der Waals surface area contributed by atoms with Crippen molar-refractivity contribution in [2.24, 2.45) is 5.92 Å². The molecule has 1 unspecified atom stereocenters. The Kier molecular flexibility index (Phi) is 5.77.